The van der Waals surface area contributed by atoms with Gasteiger partial charge in [-0.2, -0.15) is 0 Å². The van der Waals surface area contributed by atoms with Gasteiger partial charge in [-0.1, -0.05) is 11.2 Å². The molecule has 1 N–H and O–H groups in total. The number of aliphatic hydroxyl groups excluding tert-OH is 1. The van der Waals surface area contributed by atoms with Crippen molar-refractivity contribution < 1.29 is 18.7 Å². The molecule has 0 saturated heterocycles. The third kappa shape index (κ3) is 2.88. The summed E-state index contributed by atoms with van der Waals surface area (Å²) in [6, 6.07) is 9.72. The molecule has 2 heterocycles. The first-order chi connectivity index (χ1) is 13.4. The van der Waals surface area contributed by atoms with Crippen LogP contribution in [0.25, 0.3) is 16.6 Å². The highest BCUT2D eigenvalue weighted by Gasteiger charge is 2.30. The fraction of sp³-hybridized carbons (Fsp3) is 0.238. The number of pyridine rings is 1. The van der Waals surface area contributed by atoms with Crippen LogP contribution in [0.15, 0.2) is 52.4 Å². The summed E-state index contributed by atoms with van der Waals surface area (Å²) in [6.45, 7) is 3.27. The Morgan fingerprint density at radius 2 is 1.96 bits per heavy atom. The summed E-state index contributed by atoms with van der Waals surface area (Å²) >= 11 is 0. The fourth-order valence-corrected chi connectivity index (χ4v) is 3.78. The van der Waals surface area contributed by atoms with Gasteiger partial charge in [-0.25, -0.2) is 8.78 Å². The standard InChI is InChI=1S/C21H18F2N2O3/c1-11-21(12(2)28-24-11)13-3-5-16-19(7-13)25(15(10-26)9-20(16)27)18-6-4-14(22)8-17(18)23/h3-9,12,21,26H,10H2,1-2H3. The molecule has 0 spiro atoms. The van der Waals surface area contributed by atoms with E-state index in [4.69, 9.17) is 4.84 Å². The second kappa shape index (κ2) is 6.83. The molecule has 7 heteroatoms. The van der Waals surface area contributed by atoms with E-state index in [9.17, 15) is 18.7 Å². The Morgan fingerprint density at radius 3 is 2.61 bits per heavy atom. The molecule has 0 radical (unpaired) electrons. The summed E-state index contributed by atoms with van der Waals surface area (Å²) in [5, 5.41) is 14.2. The first-order valence-electron chi connectivity index (χ1n) is 8.86. The number of rotatable bonds is 3. The van der Waals surface area contributed by atoms with Gasteiger partial charge in [0.15, 0.2) is 5.43 Å². The Morgan fingerprint density at radius 1 is 1.18 bits per heavy atom. The molecule has 2 atom stereocenters. The second-order valence-corrected chi connectivity index (χ2v) is 6.89. The van der Waals surface area contributed by atoms with Gasteiger partial charge < -0.3 is 14.5 Å². The van der Waals surface area contributed by atoms with Crippen LogP contribution in [0.5, 0.6) is 0 Å². The molecule has 0 aliphatic carbocycles. The lowest BCUT2D eigenvalue weighted by molar-refractivity contribution is 0.0905. The molecule has 0 bridgehead atoms. The molecule has 4 rings (SSSR count). The van der Waals surface area contributed by atoms with E-state index in [1.165, 1.54) is 16.7 Å². The highest BCUT2D eigenvalue weighted by atomic mass is 19.1. The van der Waals surface area contributed by atoms with E-state index >= 15 is 0 Å². The number of benzene rings is 2. The smallest absolute Gasteiger partial charge is 0.189 e. The maximum absolute atomic E-state index is 14.5. The number of oxime groups is 1. The van der Waals surface area contributed by atoms with Crippen molar-refractivity contribution in [2.24, 2.45) is 5.16 Å². The molecule has 1 aliphatic rings. The third-order valence-corrected chi connectivity index (χ3v) is 5.07. The van der Waals surface area contributed by atoms with Gasteiger partial charge in [0.2, 0.25) is 0 Å². The summed E-state index contributed by atoms with van der Waals surface area (Å²) in [7, 11) is 0. The van der Waals surface area contributed by atoms with Crippen molar-refractivity contribution in [1.29, 1.82) is 0 Å². The minimum Gasteiger partial charge on any atom is -0.392 e. The zero-order valence-corrected chi connectivity index (χ0v) is 15.3. The maximum Gasteiger partial charge on any atom is 0.189 e. The monoisotopic (exact) mass is 384 g/mol. The van der Waals surface area contributed by atoms with E-state index in [0.29, 0.717) is 10.9 Å². The molecule has 2 unspecified atom stereocenters. The van der Waals surface area contributed by atoms with Crippen LogP contribution in [0.1, 0.15) is 31.0 Å². The van der Waals surface area contributed by atoms with Crippen LogP contribution < -0.4 is 5.43 Å². The molecule has 28 heavy (non-hydrogen) atoms. The van der Waals surface area contributed by atoms with Crippen LogP contribution in [-0.2, 0) is 11.4 Å². The quantitative estimate of drug-likeness (QED) is 0.750. The zero-order chi connectivity index (χ0) is 20.0. The number of nitrogens with zero attached hydrogens (tertiary/aromatic N) is 2. The topological polar surface area (TPSA) is 63.8 Å². The van der Waals surface area contributed by atoms with Crippen LogP contribution in [0.4, 0.5) is 8.78 Å². The SMILES string of the molecule is CC1=NOC(C)C1c1ccc2c(=O)cc(CO)n(-c3ccc(F)cc3F)c2c1. The van der Waals surface area contributed by atoms with Crippen LogP contribution >= 0.6 is 0 Å². The Kier molecular flexibility index (Phi) is 4.47. The van der Waals surface area contributed by atoms with Crippen molar-refractivity contribution in [2.45, 2.75) is 32.5 Å². The van der Waals surface area contributed by atoms with Gasteiger partial charge in [0.1, 0.15) is 17.7 Å². The first-order valence-corrected chi connectivity index (χ1v) is 8.86. The molecular weight excluding hydrogens is 366 g/mol. The summed E-state index contributed by atoms with van der Waals surface area (Å²) in [5.74, 6) is -1.61. The van der Waals surface area contributed by atoms with Gasteiger partial charge >= 0.3 is 0 Å². The van der Waals surface area contributed by atoms with Crippen molar-refractivity contribution in [3.8, 4) is 5.69 Å². The Bertz CT molecular complexity index is 1170. The van der Waals surface area contributed by atoms with Gasteiger partial charge in [-0.3, -0.25) is 4.79 Å². The molecule has 0 fully saturated rings. The average Bonchev–Trinajstić information content (AvgIpc) is 3.00. The molecule has 2 aromatic carbocycles. The van der Waals surface area contributed by atoms with Crippen LogP contribution in [0, 0.1) is 11.6 Å². The molecule has 3 aromatic rings. The van der Waals surface area contributed by atoms with Crippen molar-refractivity contribution in [1.82, 2.24) is 4.57 Å². The average molecular weight is 384 g/mol. The largest absolute Gasteiger partial charge is 0.392 e. The summed E-state index contributed by atoms with van der Waals surface area (Å²) < 4.78 is 29.4. The minimum absolute atomic E-state index is 0.0497. The third-order valence-electron chi connectivity index (χ3n) is 5.07. The van der Waals surface area contributed by atoms with Crippen LogP contribution in [-0.4, -0.2) is 21.5 Å². The zero-order valence-electron chi connectivity index (χ0n) is 15.3. The highest BCUT2D eigenvalue weighted by Crippen LogP contribution is 2.32. The van der Waals surface area contributed by atoms with E-state index < -0.39 is 18.2 Å². The number of aliphatic hydroxyl groups is 1. The van der Waals surface area contributed by atoms with E-state index in [1.807, 2.05) is 19.9 Å². The van der Waals surface area contributed by atoms with E-state index in [2.05, 4.69) is 5.16 Å². The fourth-order valence-electron chi connectivity index (χ4n) is 3.78. The number of aromatic nitrogens is 1. The van der Waals surface area contributed by atoms with Crippen molar-refractivity contribution in [3.05, 3.63) is 75.6 Å². The van der Waals surface area contributed by atoms with E-state index in [-0.39, 0.29) is 28.8 Å². The minimum atomic E-state index is -0.791. The summed E-state index contributed by atoms with van der Waals surface area (Å²) in [4.78, 5) is 17.9. The predicted molar refractivity (Wildman–Crippen MR) is 102 cm³/mol. The van der Waals surface area contributed by atoms with Crippen LogP contribution in [0.2, 0.25) is 0 Å². The lowest BCUT2D eigenvalue weighted by atomic mass is 9.90. The van der Waals surface area contributed by atoms with Gasteiger partial charge in [0.05, 0.1) is 35.1 Å². The Labute approximate surface area is 159 Å². The van der Waals surface area contributed by atoms with E-state index in [0.717, 1.165) is 23.4 Å². The number of hydrogen-bond acceptors (Lipinski definition) is 4. The summed E-state index contributed by atoms with van der Waals surface area (Å²) in [6.07, 6.45) is -0.179. The number of fused-ring (bicyclic) bond motifs is 1. The Balaban J connectivity index is 2.04. The second-order valence-electron chi connectivity index (χ2n) is 6.89. The molecule has 144 valence electrons. The van der Waals surface area contributed by atoms with Gasteiger partial charge in [0.25, 0.3) is 0 Å². The van der Waals surface area contributed by atoms with E-state index in [1.54, 1.807) is 12.1 Å². The molecule has 1 aliphatic heterocycles. The maximum atomic E-state index is 14.5. The Hall–Kier alpha value is -3.06. The number of hydrogen-bond donors (Lipinski definition) is 1. The molecule has 0 amide bonds. The first kappa shape index (κ1) is 18.3. The van der Waals surface area contributed by atoms with Gasteiger partial charge in [-0.15, -0.1) is 0 Å². The lowest BCUT2D eigenvalue weighted by Gasteiger charge is -2.19. The van der Waals surface area contributed by atoms with Crippen molar-refractivity contribution >= 4 is 16.6 Å². The molecule has 0 saturated carbocycles. The van der Waals surface area contributed by atoms with Gasteiger partial charge in [0, 0.05) is 17.5 Å². The van der Waals surface area contributed by atoms with Crippen molar-refractivity contribution in [3.63, 3.8) is 0 Å². The van der Waals surface area contributed by atoms with Crippen LogP contribution in [0.3, 0.4) is 0 Å². The van der Waals surface area contributed by atoms with Crippen molar-refractivity contribution in [2.75, 3.05) is 0 Å². The number of halogens is 2. The lowest BCUT2D eigenvalue weighted by Crippen LogP contribution is -2.18. The highest BCUT2D eigenvalue weighted by molar-refractivity contribution is 5.91. The molecule has 1 aromatic heterocycles. The summed E-state index contributed by atoms with van der Waals surface area (Å²) in [5.41, 5.74) is 2.04. The molecule has 5 nitrogen and oxygen atoms in total. The predicted octanol–water partition coefficient (Wildman–Crippen LogP) is 3.64. The molecular formula is C21H18F2N2O3. The normalized spacial score (nSPS) is 19.0. The van der Waals surface area contributed by atoms with Gasteiger partial charge in [-0.05, 0) is 43.7 Å².